The third kappa shape index (κ3) is 4.39. The first kappa shape index (κ1) is 15.1. The van der Waals surface area contributed by atoms with E-state index in [-0.39, 0.29) is 22.6 Å². The first-order valence-corrected chi connectivity index (χ1v) is 6.60. The lowest BCUT2D eigenvalue weighted by molar-refractivity contribution is 0.0933. The quantitative estimate of drug-likeness (QED) is 0.816. The highest BCUT2D eigenvalue weighted by molar-refractivity contribution is 6.31. The molecule has 1 aromatic rings. The van der Waals surface area contributed by atoms with Crippen molar-refractivity contribution >= 4 is 29.1 Å². The minimum absolute atomic E-state index is 0.0768. The molecule has 0 spiro atoms. The number of hydrogen-bond acceptors (Lipinski definition) is 2. The highest BCUT2D eigenvalue weighted by Crippen LogP contribution is 2.23. The van der Waals surface area contributed by atoms with Gasteiger partial charge in [-0.15, -0.1) is 11.6 Å². The maximum Gasteiger partial charge on any atom is 0.255 e. The fraction of sp³-hybridized carbons (Fsp3) is 0.462. The van der Waals surface area contributed by atoms with E-state index < -0.39 is 0 Å². The molecule has 2 N–H and O–H groups in total. The normalized spacial score (nSPS) is 11.3. The summed E-state index contributed by atoms with van der Waals surface area (Å²) < 4.78 is 0. The zero-order chi connectivity index (χ0) is 13.8. The second-order valence-electron chi connectivity index (χ2n) is 4.95. The van der Waals surface area contributed by atoms with Crippen LogP contribution in [0.4, 0.5) is 0 Å². The maximum atomic E-state index is 11.9. The van der Waals surface area contributed by atoms with Crippen molar-refractivity contribution in [1.82, 2.24) is 5.32 Å². The molecule has 0 aliphatic carbocycles. The van der Waals surface area contributed by atoms with E-state index in [1.165, 1.54) is 18.2 Å². The smallest absolute Gasteiger partial charge is 0.255 e. The van der Waals surface area contributed by atoms with Gasteiger partial charge in [-0.25, -0.2) is 0 Å². The molecule has 0 aliphatic rings. The summed E-state index contributed by atoms with van der Waals surface area (Å²) >= 11 is 11.5. The van der Waals surface area contributed by atoms with Crippen LogP contribution >= 0.6 is 23.2 Å². The van der Waals surface area contributed by atoms with Crippen molar-refractivity contribution in [3.05, 3.63) is 28.8 Å². The number of benzene rings is 1. The van der Waals surface area contributed by atoms with Crippen LogP contribution in [0.15, 0.2) is 18.2 Å². The third-order valence-electron chi connectivity index (χ3n) is 2.70. The van der Waals surface area contributed by atoms with E-state index in [0.29, 0.717) is 17.4 Å². The second kappa shape index (κ2) is 6.30. The van der Waals surface area contributed by atoms with Gasteiger partial charge in [0, 0.05) is 17.4 Å². The molecule has 1 rings (SSSR count). The van der Waals surface area contributed by atoms with E-state index >= 15 is 0 Å². The Morgan fingerprint density at radius 1 is 1.44 bits per heavy atom. The van der Waals surface area contributed by atoms with E-state index in [1.54, 1.807) is 0 Å². The van der Waals surface area contributed by atoms with Crippen LogP contribution in [0.25, 0.3) is 0 Å². The molecule has 0 saturated heterocycles. The molecule has 0 aromatic heterocycles. The Morgan fingerprint density at radius 3 is 2.72 bits per heavy atom. The summed E-state index contributed by atoms with van der Waals surface area (Å²) in [6.45, 7) is 4.53. The van der Waals surface area contributed by atoms with Gasteiger partial charge in [-0.05, 0) is 30.0 Å². The highest BCUT2D eigenvalue weighted by Gasteiger charge is 2.19. The van der Waals surface area contributed by atoms with Gasteiger partial charge in [0.1, 0.15) is 5.75 Å². The number of halogens is 2. The SMILES string of the molecule is CC(C)(CCCl)CNC(=O)c1cc(Cl)ccc1O. The molecule has 0 atom stereocenters. The molecule has 18 heavy (non-hydrogen) atoms. The van der Waals surface area contributed by atoms with E-state index in [4.69, 9.17) is 23.2 Å². The van der Waals surface area contributed by atoms with Gasteiger partial charge in [0.2, 0.25) is 0 Å². The fourth-order valence-electron chi connectivity index (χ4n) is 1.45. The first-order chi connectivity index (χ1) is 8.35. The first-order valence-electron chi connectivity index (χ1n) is 5.68. The highest BCUT2D eigenvalue weighted by atomic mass is 35.5. The molecule has 100 valence electrons. The Labute approximate surface area is 117 Å². The number of phenols is 1. The average Bonchev–Trinajstić information content (AvgIpc) is 2.29. The van der Waals surface area contributed by atoms with Gasteiger partial charge in [-0.1, -0.05) is 25.4 Å². The van der Waals surface area contributed by atoms with Crippen LogP contribution in [-0.2, 0) is 0 Å². The van der Waals surface area contributed by atoms with Crippen LogP contribution in [0.1, 0.15) is 30.6 Å². The van der Waals surface area contributed by atoms with Crippen LogP contribution in [0.5, 0.6) is 5.75 Å². The van der Waals surface area contributed by atoms with Crippen molar-refractivity contribution in [1.29, 1.82) is 0 Å². The van der Waals surface area contributed by atoms with Crippen LogP contribution in [0.3, 0.4) is 0 Å². The molecule has 5 heteroatoms. The molecule has 1 amide bonds. The average molecular weight is 290 g/mol. The molecule has 0 bridgehead atoms. The standard InChI is InChI=1S/C13H17Cl2NO2/c1-13(2,5-6-14)8-16-12(18)10-7-9(15)3-4-11(10)17/h3-4,7,17H,5-6,8H2,1-2H3,(H,16,18). The third-order valence-corrected chi connectivity index (χ3v) is 3.13. The van der Waals surface area contributed by atoms with Crippen LogP contribution in [0, 0.1) is 5.41 Å². The summed E-state index contributed by atoms with van der Waals surface area (Å²) in [4.78, 5) is 11.9. The number of aromatic hydroxyl groups is 1. The van der Waals surface area contributed by atoms with Gasteiger partial charge in [-0.2, -0.15) is 0 Å². The lowest BCUT2D eigenvalue weighted by atomic mass is 9.90. The molecule has 0 aliphatic heterocycles. The summed E-state index contributed by atoms with van der Waals surface area (Å²) in [5.74, 6) is 0.135. The van der Waals surface area contributed by atoms with Gasteiger partial charge in [0.25, 0.3) is 5.91 Å². The number of rotatable bonds is 5. The summed E-state index contributed by atoms with van der Waals surface area (Å²) in [7, 11) is 0. The summed E-state index contributed by atoms with van der Waals surface area (Å²) in [6.07, 6.45) is 0.802. The van der Waals surface area contributed by atoms with Gasteiger partial charge < -0.3 is 10.4 Å². The molecular formula is C13H17Cl2NO2. The topological polar surface area (TPSA) is 49.3 Å². The monoisotopic (exact) mass is 289 g/mol. The fourth-order valence-corrected chi connectivity index (χ4v) is 2.13. The number of carbonyl (C=O) groups is 1. The minimum atomic E-state index is -0.336. The Morgan fingerprint density at radius 2 is 2.11 bits per heavy atom. The number of amides is 1. The van der Waals surface area contributed by atoms with Crippen molar-refractivity contribution in [2.24, 2.45) is 5.41 Å². The second-order valence-corrected chi connectivity index (χ2v) is 5.76. The van der Waals surface area contributed by atoms with Gasteiger partial charge in [-0.3, -0.25) is 4.79 Å². The van der Waals surface area contributed by atoms with Gasteiger partial charge in [0.05, 0.1) is 5.56 Å². The number of carbonyl (C=O) groups excluding carboxylic acids is 1. The molecule has 0 saturated carbocycles. The van der Waals surface area contributed by atoms with Crippen LogP contribution < -0.4 is 5.32 Å². The zero-order valence-corrected chi connectivity index (χ0v) is 12.0. The van der Waals surface area contributed by atoms with Crippen molar-refractivity contribution < 1.29 is 9.90 Å². The minimum Gasteiger partial charge on any atom is -0.507 e. The predicted molar refractivity (Wildman–Crippen MR) is 74.6 cm³/mol. The number of nitrogens with one attached hydrogen (secondary N) is 1. The number of alkyl halides is 1. The Hall–Kier alpha value is -0.930. The Balaban J connectivity index is 2.69. The molecule has 1 aromatic carbocycles. The zero-order valence-electron chi connectivity index (χ0n) is 10.5. The van der Waals surface area contributed by atoms with Crippen molar-refractivity contribution in [3.8, 4) is 5.75 Å². The summed E-state index contributed by atoms with van der Waals surface area (Å²) in [5.41, 5.74) is 0.107. The number of hydrogen-bond donors (Lipinski definition) is 2. The van der Waals surface area contributed by atoms with E-state index in [0.717, 1.165) is 6.42 Å². The van der Waals surface area contributed by atoms with Crippen LogP contribution in [0.2, 0.25) is 5.02 Å². The molecule has 0 fully saturated rings. The van der Waals surface area contributed by atoms with Crippen molar-refractivity contribution in [2.75, 3.05) is 12.4 Å². The maximum absolute atomic E-state index is 11.9. The predicted octanol–water partition coefficient (Wildman–Crippen LogP) is 3.43. The molecule has 3 nitrogen and oxygen atoms in total. The molecule has 0 unspecified atom stereocenters. The lowest BCUT2D eigenvalue weighted by Crippen LogP contribution is -2.34. The number of phenolic OH excluding ortho intramolecular Hbond substituents is 1. The summed E-state index contributed by atoms with van der Waals surface area (Å²) in [6, 6.07) is 4.38. The molecule has 0 radical (unpaired) electrons. The van der Waals surface area contributed by atoms with E-state index in [9.17, 15) is 9.90 Å². The van der Waals surface area contributed by atoms with Crippen molar-refractivity contribution in [3.63, 3.8) is 0 Å². The van der Waals surface area contributed by atoms with E-state index in [2.05, 4.69) is 5.32 Å². The molecular weight excluding hydrogens is 273 g/mol. The Kier molecular flexibility index (Phi) is 5.29. The summed E-state index contributed by atoms with van der Waals surface area (Å²) in [5, 5.41) is 12.8. The van der Waals surface area contributed by atoms with Crippen molar-refractivity contribution in [2.45, 2.75) is 20.3 Å². The van der Waals surface area contributed by atoms with Gasteiger partial charge in [0.15, 0.2) is 0 Å². The molecule has 0 heterocycles. The largest absolute Gasteiger partial charge is 0.507 e. The van der Waals surface area contributed by atoms with E-state index in [1.807, 2.05) is 13.8 Å². The van der Waals surface area contributed by atoms with Crippen LogP contribution in [-0.4, -0.2) is 23.4 Å². The van der Waals surface area contributed by atoms with Gasteiger partial charge >= 0.3 is 0 Å². The Bertz CT molecular complexity index is 433. The lowest BCUT2D eigenvalue weighted by Gasteiger charge is -2.23.